The van der Waals surface area contributed by atoms with Crippen molar-refractivity contribution in [3.8, 4) is 0 Å². The zero-order chi connectivity index (χ0) is 12.3. The number of hydrogen-bond acceptors (Lipinski definition) is 4. The third-order valence-corrected chi connectivity index (χ3v) is 3.68. The molecular weight excluding hydrogens is 220 g/mol. The summed E-state index contributed by atoms with van der Waals surface area (Å²) in [6.07, 6.45) is 3.33. The molecule has 98 valence electrons. The normalized spacial score (nSPS) is 30.4. The second-order valence-electron chi connectivity index (χ2n) is 5.30. The van der Waals surface area contributed by atoms with Crippen molar-refractivity contribution in [2.75, 3.05) is 32.8 Å². The van der Waals surface area contributed by atoms with Gasteiger partial charge >= 0.3 is 5.97 Å². The van der Waals surface area contributed by atoms with Gasteiger partial charge in [0.05, 0.1) is 12.5 Å². The molecule has 0 radical (unpaired) electrons. The van der Waals surface area contributed by atoms with Gasteiger partial charge in [-0.25, -0.2) is 0 Å². The molecule has 2 fully saturated rings. The molecule has 0 aromatic rings. The molecule has 0 spiro atoms. The molecule has 0 aromatic heterocycles. The first-order valence-corrected chi connectivity index (χ1v) is 6.48. The largest absolute Gasteiger partial charge is 0.481 e. The number of aliphatic hydroxyl groups is 1. The Balaban J connectivity index is 1.83. The fourth-order valence-electron chi connectivity index (χ4n) is 2.50. The summed E-state index contributed by atoms with van der Waals surface area (Å²) in [5.41, 5.74) is 0. The van der Waals surface area contributed by atoms with Gasteiger partial charge in [-0.05, 0) is 31.7 Å². The van der Waals surface area contributed by atoms with Crippen LogP contribution in [0.3, 0.4) is 0 Å². The molecule has 1 saturated heterocycles. The minimum atomic E-state index is -0.717. The van der Waals surface area contributed by atoms with Crippen LogP contribution in [0.4, 0.5) is 0 Å². The lowest BCUT2D eigenvalue weighted by Crippen LogP contribution is -2.51. The molecule has 2 atom stereocenters. The number of carbonyl (C=O) groups is 1. The van der Waals surface area contributed by atoms with Crippen molar-refractivity contribution in [3.63, 3.8) is 0 Å². The molecule has 5 heteroatoms. The van der Waals surface area contributed by atoms with Gasteiger partial charge in [-0.3, -0.25) is 9.69 Å². The van der Waals surface area contributed by atoms with Crippen LogP contribution < -0.4 is 5.32 Å². The van der Waals surface area contributed by atoms with Crippen LogP contribution in [-0.2, 0) is 4.79 Å². The molecule has 1 aliphatic heterocycles. The van der Waals surface area contributed by atoms with E-state index >= 15 is 0 Å². The van der Waals surface area contributed by atoms with Gasteiger partial charge in [0, 0.05) is 25.7 Å². The Morgan fingerprint density at radius 1 is 1.35 bits per heavy atom. The molecule has 17 heavy (non-hydrogen) atoms. The van der Waals surface area contributed by atoms with Crippen molar-refractivity contribution >= 4 is 5.97 Å². The van der Waals surface area contributed by atoms with Crippen molar-refractivity contribution in [2.45, 2.75) is 25.3 Å². The summed E-state index contributed by atoms with van der Waals surface area (Å²) in [7, 11) is 0. The summed E-state index contributed by atoms with van der Waals surface area (Å²) in [4.78, 5) is 13.1. The van der Waals surface area contributed by atoms with Gasteiger partial charge in [-0.1, -0.05) is 0 Å². The maximum atomic E-state index is 11.1. The van der Waals surface area contributed by atoms with Crippen LogP contribution in [0.5, 0.6) is 0 Å². The van der Waals surface area contributed by atoms with E-state index in [4.69, 9.17) is 10.2 Å². The highest BCUT2D eigenvalue weighted by Crippen LogP contribution is 2.28. The van der Waals surface area contributed by atoms with E-state index in [9.17, 15) is 4.79 Å². The molecule has 1 heterocycles. The van der Waals surface area contributed by atoms with Crippen molar-refractivity contribution < 1.29 is 15.0 Å². The number of nitrogens with zero attached hydrogens (tertiary/aromatic N) is 1. The van der Waals surface area contributed by atoms with E-state index in [0.29, 0.717) is 19.5 Å². The first kappa shape index (κ1) is 12.8. The number of piperidine rings is 1. The van der Waals surface area contributed by atoms with E-state index in [1.165, 1.54) is 12.8 Å². The van der Waals surface area contributed by atoms with E-state index in [2.05, 4.69) is 5.32 Å². The highest BCUT2D eigenvalue weighted by Gasteiger charge is 2.32. The molecule has 2 unspecified atom stereocenters. The van der Waals surface area contributed by atoms with Gasteiger partial charge in [-0.15, -0.1) is 0 Å². The molecule has 1 saturated carbocycles. The molecule has 0 aromatic carbocycles. The summed E-state index contributed by atoms with van der Waals surface area (Å²) in [5, 5.41) is 21.5. The SMILES string of the molecule is O=C(O)C1CC(NCC2CC2)CN(CCO)C1. The number of carboxylic acid groups (broad SMARTS) is 1. The van der Waals surface area contributed by atoms with E-state index < -0.39 is 5.97 Å². The van der Waals surface area contributed by atoms with E-state index in [-0.39, 0.29) is 18.6 Å². The number of nitrogens with one attached hydrogen (secondary N) is 1. The van der Waals surface area contributed by atoms with Gasteiger partial charge in [0.15, 0.2) is 0 Å². The second kappa shape index (κ2) is 5.80. The zero-order valence-electron chi connectivity index (χ0n) is 10.1. The first-order chi connectivity index (χ1) is 8.19. The fraction of sp³-hybridized carbons (Fsp3) is 0.917. The standard InChI is InChI=1S/C12H22N2O3/c15-4-3-14-7-10(12(16)17)5-11(8-14)13-6-9-1-2-9/h9-11,13,15H,1-8H2,(H,16,17). The van der Waals surface area contributed by atoms with Crippen LogP contribution in [-0.4, -0.2) is 59.9 Å². The molecule has 2 aliphatic rings. The third kappa shape index (κ3) is 3.94. The monoisotopic (exact) mass is 242 g/mol. The minimum Gasteiger partial charge on any atom is -0.481 e. The Hall–Kier alpha value is -0.650. The first-order valence-electron chi connectivity index (χ1n) is 6.48. The van der Waals surface area contributed by atoms with E-state index in [0.717, 1.165) is 19.0 Å². The average molecular weight is 242 g/mol. The lowest BCUT2D eigenvalue weighted by molar-refractivity contribution is -0.144. The molecule has 0 bridgehead atoms. The average Bonchev–Trinajstić information content (AvgIpc) is 3.10. The van der Waals surface area contributed by atoms with Gasteiger partial charge in [0.1, 0.15) is 0 Å². The fourth-order valence-corrected chi connectivity index (χ4v) is 2.50. The number of β-amino-alcohol motifs (C(OH)–C–C–N with tert-alkyl or cyclic N) is 1. The Labute approximate surface area is 102 Å². The summed E-state index contributed by atoms with van der Waals surface area (Å²) >= 11 is 0. The van der Waals surface area contributed by atoms with E-state index in [1.807, 2.05) is 4.90 Å². The predicted octanol–water partition coefficient (Wildman–Crippen LogP) is -0.247. The van der Waals surface area contributed by atoms with Crippen LogP contribution in [0.15, 0.2) is 0 Å². The van der Waals surface area contributed by atoms with Crippen LogP contribution in [0, 0.1) is 11.8 Å². The number of hydrogen-bond donors (Lipinski definition) is 3. The third-order valence-electron chi connectivity index (χ3n) is 3.68. The molecular formula is C12H22N2O3. The molecule has 2 rings (SSSR count). The van der Waals surface area contributed by atoms with Crippen molar-refractivity contribution in [1.82, 2.24) is 10.2 Å². The minimum absolute atomic E-state index is 0.0989. The number of carboxylic acids is 1. The van der Waals surface area contributed by atoms with Gasteiger partial charge in [0.2, 0.25) is 0 Å². The van der Waals surface area contributed by atoms with Crippen LogP contribution in [0.2, 0.25) is 0 Å². The highest BCUT2D eigenvalue weighted by atomic mass is 16.4. The molecule has 0 amide bonds. The molecule has 3 N–H and O–H groups in total. The number of rotatable bonds is 6. The maximum Gasteiger partial charge on any atom is 0.307 e. The van der Waals surface area contributed by atoms with Crippen molar-refractivity contribution in [1.29, 1.82) is 0 Å². The maximum absolute atomic E-state index is 11.1. The molecule has 5 nitrogen and oxygen atoms in total. The number of aliphatic hydroxyl groups excluding tert-OH is 1. The van der Waals surface area contributed by atoms with Gasteiger partial charge in [-0.2, -0.15) is 0 Å². The summed E-state index contributed by atoms with van der Waals surface area (Å²) in [6, 6.07) is 0.261. The topological polar surface area (TPSA) is 72.8 Å². The quantitative estimate of drug-likeness (QED) is 0.599. The summed E-state index contributed by atoms with van der Waals surface area (Å²) < 4.78 is 0. The van der Waals surface area contributed by atoms with Crippen LogP contribution >= 0.6 is 0 Å². The van der Waals surface area contributed by atoms with Crippen molar-refractivity contribution in [3.05, 3.63) is 0 Å². The van der Waals surface area contributed by atoms with Gasteiger partial charge in [0.25, 0.3) is 0 Å². The van der Waals surface area contributed by atoms with Crippen LogP contribution in [0.25, 0.3) is 0 Å². The molecule has 1 aliphatic carbocycles. The van der Waals surface area contributed by atoms with Gasteiger partial charge < -0.3 is 15.5 Å². The Bertz CT molecular complexity index is 268. The smallest absolute Gasteiger partial charge is 0.307 e. The Kier molecular flexibility index (Phi) is 4.36. The zero-order valence-corrected chi connectivity index (χ0v) is 10.1. The van der Waals surface area contributed by atoms with E-state index in [1.54, 1.807) is 0 Å². The summed E-state index contributed by atoms with van der Waals surface area (Å²) in [5.74, 6) is -0.204. The second-order valence-corrected chi connectivity index (χ2v) is 5.30. The summed E-state index contributed by atoms with van der Waals surface area (Å²) in [6.45, 7) is 3.12. The predicted molar refractivity (Wildman–Crippen MR) is 63.8 cm³/mol. The van der Waals surface area contributed by atoms with Crippen molar-refractivity contribution in [2.24, 2.45) is 11.8 Å². The number of likely N-dealkylation sites (tertiary alicyclic amines) is 1. The van der Waals surface area contributed by atoms with Crippen LogP contribution in [0.1, 0.15) is 19.3 Å². The lowest BCUT2D eigenvalue weighted by atomic mass is 9.94. The number of aliphatic carboxylic acids is 1. The Morgan fingerprint density at radius 2 is 2.12 bits per heavy atom. The Morgan fingerprint density at radius 3 is 2.71 bits per heavy atom. The highest BCUT2D eigenvalue weighted by molar-refractivity contribution is 5.70. The lowest BCUT2D eigenvalue weighted by Gasteiger charge is -2.36.